The van der Waals surface area contributed by atoms with Crippen LogP contribution in [-0.2, 0) is 0 Å². The predicted octanol–water partition coefficient (Wildman–Crippen LogP) is 6.26. The van der Waals surface area contributed by atoms with Crippen molar-refractivity contribution in [1.82, 2.24) is 19.9 Å². The van der Waals surface area contributed by atoms with Crippen molar-refractivity contribution in [3.63, 3.8) is 0 Å². The third kappa shape index (κ3) is 5.17. The smallest absolute Gasteiger partial charge is 0.163 e. The van der Waals surface area contributed by atoms with Crippen LogP contribution in [0, 0.1) is 5.82 Å². The minimum atomic E-state index is -0.266. The fourth-order valence-electron chi connectivity index (χ4n) is 5.08. The van der Waals surface area contributed by atoms with E-state index in [1.165, 1.54) is 23.3 Å². The summed E-state index contributed by atoms with van der Waals surface area (Å²) < 4.78 is 13.6. The molecule has 5 nitrogen and oxygen atoms in total. The van der Waals surface area contributed by atoms with E-state index in [1.807, 2.05) is 18.2 Å². The summed E-state index contributed by atoms with van der Waals surface area (Å²) in [4.78, 5) is 18.9. The number of rotatable bonds is 6. The fraction of sp³-hybridized carbons (Fsp3) is 0.156. The van der Waals surface area contributed by atoms with E-state index < -0.39 is 0 Å². The molecule has 38 heavy (non-hydrogen) atoms. The van der Waals surface area contributed by atoms with E-state index in [2.05, 4.69) is 75.4 Å². The molecule has 3 heterocycles. The maximum atomic E-state index is 13.6. The molecule has 5 aromatic rings. The Bertz CT molecular complexity index is 1430. The lowest BCUT2D eigenvalue weighted by Crippen LogP contribution is -2.48. The summed E-state index contributed by atoms with van der Waals surface area (Å²) in [5.41, 5.74) is 5.07. The van der Waals surface area contributed by atoms with Crippen molar-refractivity contribution in [2.75, 3.05) is 31.1 Å². The Kier molecular flexibility index (Phi) is 6.87. The minimum absolute atomic E-state index is 0.200. The van der Waals surface area contributed by atoms with Gasteiger partial charge >= 0.3 is 0 Å². The first-order valence-electron chi connectivity index (χ1n) is 12.9. The maximum Gasteiger partial charge on any atom is 0.163 e. The van der Waals surface area contributed by atoms with Gasteiger partial charge in [-0.1, -0.05) is 60.7 Å². The van der Waals surface area contributed by atoms with E-state index in [1.54, 1.807) is 24.5 Å². The number of halogens is 1. The largest absolute Gasteiger partial charge is 0.354 e. The molecule has 6 heteroatoms. The highest BCUT2D eigenvalue weighted by molar-refractivity contribution is 5.67. The lowest BCUT2D eigenvalue weighted by molar-refractivity contribution is 0.212. The second-order valence-corrected chi connectivity index (χ2v) is 9.43. The molecular formula is C32H28FN5. The molecular weight excluding hydrogens is 473 g/mol. The lowest BCUT2D eigenvalue weighted by atomic mass is 9.96. The summed E-state index contributed by atoms with van der Waals surface area (Å²) in [6.45, 7) is 3.46. The Morgan fingerprint density at radius 2 is 1.32 bits per heavy atom. The summed E-state index contributed by atoms with van der Waals surface area (Å²) in [5, 5.41) is 0. The van der Waals surface area contributed by atoms with Gasteiger partial charge in [-0.25, -0.2) is 14.4 Å². The van der Waals surface area contributed by atoms with Crippen LogP contribution in [0.2, 0.25) is 0 Å². The number of nitrogens with zero attached hydrogens (tertiary/aromatic N) is 5. The highest BCUT2D eigenvalue weighted by Gasteiger charge is 2.27. The highest BCUT2D eigenvalue weighted by atomic mass is 19.1. The van der Waals surface area contributed by atoms with Crippen molar-refractivity contribution in [2.24, 2.45) is 0 Å². The van der Waals surface area contributed by atoms with Gasteiger partial charge in [0.05, 0.1) is 11.7 Å². The van der Waals surface area contributed by atoms with E-state index in [0.717, 1.165) is 48.8 Å². The van der Waals surface area contributed by atoms with Crippen LogP contribution in [0.4, 0.5) is 10.2 Å². The van der Waals surface area contributed by atoms with Crippen molar-refractivity contribution >= 4 is 5.82 Å². The van der Waals surface area contributed by atoms with E-state index in [0.29, 0.717) is 5.82 Å². The molecule has 2 aromatic heterocycles. The number of piperazine rings is 1. The molecule has 1 saturated heterocycles. The van der Waals surface area contributed by atoms with Crippen molar-refractivity contribution in [1.29, 1.82) is 0 Å². The first-order valence-corrected chi connectivity index (χ1v) is 12.9. The first kappa shape index (κ1) is 23.9. The highest BCUT2D eigenvalue weighted by Crippen LogP contribution is 2.31. The van der Waals surface area contributed by atoms with E-state index in [-0.39, 0.29) is 11.9 Å². The number of hydrogen-bond donors (Lipinski definition) is 0. The summed E-state index contributed by atoms with van der Waals surface area (Å²) in [6.07, 6.45) is 3.51. The Morgan fingerprint density at radius 3 is 1.92 bits per heavy atom. The van der Waals surface area contributed by atoms with Crippen LogP contribution in [0.5, 0.6) is 0 Å². The molecule has 0 amide bonds. The average molecular weight is 502 g/mol. The van der Waals surface area contributed by atoms with Crippen LogP contribution in [0.3, 0.4) is 0 Å². The third-order valence-electron chi connectivity index (χ3n) is 7.01. The molecule has 0 saturated carbocycles. The van der Waals surface area contributed by atoms with Gasteiger partial charge in [0.15, 0.2) is 5.82 Å². The van der Waals surface area contributed by atoms with Gasteiger partial charge in [0, 0.05) is 55.8 Å². The van der Waals surface area contributed by atoms with Crippen LogP contribution >= 0.6 is 0 Å². The van der Waals surface area contributed by atoms with Crippen molar-refractivity contribution in [3.8, 4) is 22.6 Å². The number of hydrogen-bond acceptors (Lipinski definition) is 5. The molecule has 0 aliphatic carbocycles. The molecule has 0 unspecified atom stereocenters. The molecule has 0 radical (unpaired) electrons. The van der Waals surface area contributed by atoms with Crippen molar-refractivity contribution in [2.45, 2.75) is 6.04 Å². The molecule has 0 spiro atoms. The second-order valence-electron chi connectivity index (χ2n) is 9.43. The topological polar surface area (TPSA) is 45.2 Å². The van der Waals surface area contributed by atoms with Crippen molar-refractivity contribution < 1.29 is 4.39 Å². The zero-order chi connectivity index (χ0) is 25.7. The van der Waals surface area contributed by atoms with Gasteiger partial charge in [0.2, 0.25) is 0 Å². The molecule has 3 aromatic carbocycles. The fourth-order valence-corrected chi connectivity index (χ4v) is 5.08. The van der Waals surface area contributed by atoms with E-state index in [4.69, 9.17) is 9.97 Å². The molecule has 1 aliphatic rings. The monoisotopic (exact) mass is 501 g/mol. The normalized spacial score (nSPS) is 14.1. The Balaban J connectivity index is 1.30. The number of aromatic nitrogens is 3. The van der Waals surface area contributed by atoms with E-state index in [9.17, 15) is 4.39 Å². The predicted molar refractivity (Wildman–Crippen MR) is 149 cm³/mol. The molecule has 0 atom stereocenters. The van der Waals surface area contributed by atoms with Crippen LogP contribution in [-0.4, -0.2) is 46.0 Å². The van der Waals surface area contributed by atoms with Gasteiger partial charge in [-0.2, -0.15) is 0 Å². The molecule has 1 fully saturated rings. The first-order chi connectivity index (χ1) is 18.7. The van der Waals surface area contributed by atoms with Gasteiger partial charge < -0.3 is 4.90 Å². The van der Waals surface area contributed by atoms with Gasteiger partial charge in [-0.3, -0.25) is 9.88 Å². The van der Waals surface area contributed by atoms with Crippen LogP contribution < -0.4 is 4.90 Å². The van der Waals surface area contributed by atoms with Crippen LogP contribution in [0.15, 0.2) is 116 Å². The zero-order valence-electron chi connectivity index (χ0n) is 21.0. The lowest BCUT2D eigenvalue weighted by Gasteiger charge is -2.40. The van der Waals surface area contributed by atoms with Gasteiger partial charge in [0.1, 0.15) is 11.6 Å². The molecule has 6 rings (SSSR count). The quantitative estimate of drug-likeness (QED) is 0.275. The minimum Gasteiger partial charge on any atom is -0.354 e. The van der Waals surface area contributed by atoms with E-state index >= 15 is 0 Å². The summed E-state index contributed by atoms with van der Waals surface area (Å²) >= 11 is 0. The zero-order valence-corrected chi connectivity index (χ0v) is 21.0. The van der Waals surface area contributed by atoms with Gasteiger partial charge in [0.25, 0.3) is 0 Å². The summed E-state index contributed by atoms with van der Waals surface area (Å²) in [7, 11) is 0. The maximum absolute atomic E-state index is 13.6. The van der Waals surface area contributed by atoms with Crippen LogP contribution in [0.25, 0.3) is 22.6 Å². The summed E-state index contributed by atoms with van der Waals surface area (Å²) in [5.74, 6) is 1.22. The number of anilines is 1. The Morgan fingerprint density at radius 1 is 0.658 bits per heavy atom. The Hall–Kier alpha value is -4.42. The third-order valence-corrected chi connectivity index (χ3v) is 7.01. The van der Waals surface area contributed by atoms with Crippen molar-refractivity contribution in [3.05, 3.63) is 132 Å². The summed E-state index contributed by atoms with van der Waals surface area (Å²) in [6, 6.07) is 33.9. The molecule has 0 bridgehead atoms. The number of benzene rings is 3. The SMILES string of the molecule is Fc1ccc(-c2cc(N3CCN(C(c4ccccc4)c4ccccc4)CC3)nc(-c3cccnc3)n2)cc1. The molecule has 0 N–H and O–H groups in total. The molecule has 1 aliphatic heterocycles. The standard InChI is InChI=1S/C32H28FN5/c33-28-15-13-24(14-16-28)29-22-30(36-32(35-29)27-12-7-17-34-23-27)37-18-20-38(21-19-37)31(25-8-3-1-4-9-25)26-10-5-2-6-11-26/h1-17,22-23,31H,18-21H2. The van der Waals surface area contributed by atoms with Gasteiger partial charge in [-0.15, -0.1) is 0 Å². The van der Waals surface area contributed by atoms with Crippen LogP contribution in [0.1, 0.15) is 17.2 Å². The molecule has 188 valence electrons. The average Bonchev–Trinajstić information content (AvgIpc) is 2.99. The second kappa shape index (κ2) is 10.9. The number of pyridine rings is 1. The Labute approximate surface area is 222 Å². The van der Waals surface area contributed by atoms with Gasteiger partial charge in [-0.05, 0) is 47.5 Å².